The van der Waals surface area contributed by atoms with Gasteiger partial charge in [0.2, 0.25) is 5.95 Å². The van der Waals surface area contributed by atoms with E-state index < -0.39 is 4.92 Å². The second kappa shape index (κ2) is 6.19. The highest BCUT2D eigenvalue weighted by molar-refractivity contribution is 6.06. The summed E-state index contributed by atoms with van der Waals surface area (Å²) in [5.74, 6) is 0.428. The second-order valence-electron chi connectivity index (χ2n) is 6.91. The van der Waals surface area contributed by atoms with E-state index in [2.05, 4.69) is 15.3 Å². The molecule has 2 heterocycles. The van der Waals surface area contributed by atoms with Crippen molar-refractivity contribution in [3.05, 3.63) is 67.6 Å². The van der Waals surface area contributed by atoms with E-state index in [0.29, 0.717) is 28.1 Å². The number of nitro groups is 1. The van der Waals surface area contributed by atoms with Gasteiger partial charge in [-0.05, 0) is 43.4 Å². The number of benzene rings is 2. The minimum Gasteiger partial charge on any atom is -0.326 e. The Hall–Kier alpha value is -3.68. The van der Waals surface area contributed by atoms with Gasteiger partial charge in [-0.1, -0.05) is 18.2 Å². The molecule has 0 aliphatic heterocycles. The number of H-pyrrole nitrogens is 1. The molecule has 0 saturated carbocycles. The largest absolute Gasteiger partial charge is 0.326 e. The molecule has 0 fully saturated rings. The van der Waals surface area contributed by atoms with Gasteiger partial charge in [-0.25, -0.2) is 4.98 Å². The minimum atomic E-state index is -0.426. The summed E-state index contributed by atoms with van der Waals surface area (Å²) >= 11 is 0. The lowest BCUT2D eigenvalue weighted by Gasteiger charge is -2.10. The number of aromatic nitrogens is 3. The zero-order valence-electron chi connectivity index (χ0n) is 16.0. The van der Waals surface area contributed by atoms with Crippen molar-refractivity contribution in [3.63, 3.8) is 0 Å². The van der Waals surface area contributed by atoms with E-state index in [-0.39, 0.29) is 11.2 Å². The molecule has 0 aliphatic carbocycles. The summed E-state index contributed by atoms with van der Waals surface area (Å²) < 4.78 is 1.76. The first-order chi connectivity index (χ1) is 13.3. The predicted molar refractivity (Wildman–Crippen MR) is 109 cm³/mol. The van der Waals surface area contributed by atoms with E-state index in [4.69, 9.17) is 0 Å². The van der Waals surface area contributed by atoms with Crippen LogP contribution in [0, 0.1) is 30.9 Å². The van der Waals surface area contributed by atoms with Crippen LogP contribution in [-0.4, -0.2) is 19.5 Å². The van der Waals surface area contributed by atoms with Crippen molar-refractivity contribution in [2.75, 3.05) is 5.32 Å². The van der Waals surface area contributed by atoms with Gasteiger partial charge in [-0.15, -0.1) is 0 Å². The van der Waals surface area contributed by atoms with Crippen LogP contribution in [0.3, 0.4) is 0 Å². The Balaban J connectivity index is 1.98. The molecular weight excluding hydrogens is 358 g/mol. The lowest BCUT2D eigenvalue weighted by molar-refractivity contribution is -0.384. The zero-order valence-corrected chi connectivity index (χ0v) is 16.0. The van der Waals surface area contributed by atoms with E-state index in [1.807, 2.05) is 26.0 Å². The molecule has 0 aliphatic rings. The molecule has 2 aromatic heterocycles. The molecule has 0 radical (unpaired) electrons. The number of aryl methyl sites for hydroxylation is 4. The van der Waals surface area contributed by atoms with Gasteiger partial charge < -0.3 is 14.9 Å². The predicted octanol–water partition coefficient (Wildman–Crippen LogP) is 3.99. The molecule has 0 spiro atoms. The fourth-order valence-corrected chi connectivity index (χ4v) is 3.57. The molecule has 8 nitrogen and oxygen atoms in total. The zero-order chi connectivity index (χ0) is 20.2. The lowest BCUT2D eigenvalue weighted by Crippen LogP contribution is -2.11. The number of para-hydroxylation sites is 1. The number of aromatic amines is 1. The van der Waals surface area contributed by atoms with Crippen molar-refractivity contribution < 1.29 is 4.92 Å². The normalized spacial score (nSPS) is 11.3. The number of imidazole rings is 1. The molecule has 142 valence electrons. The summed E-state index contributed by atoms with van der Waals surface area (Å²) in [5.41, 5.74) is 4.06. The quantitative estimate of drug-likeness (QED) is 0.415. The Morgan fingerprint density at radius 2 is 1.93 bits per heavy atom. The van der Waals surface area contributed by atoms with Crippen LogP contribution < -0.4 is 10.9 Å². The molecule has 2 aromatic carbocycles. The molecule has 4 aromatic rings. The fraction of sp³-hybridized carbons (Fsp3) is 0.200. The van der Waals surface area contributed by atoms with Crippen molar-refractivity contribution in [3.8, 4) is 0 Å². The van der Waals surface area contributed by atoms with Crippen LogP contribution in [0.15, 0.2) is 35.1 Å². The molecule has 0 bridgehead atoms. The third-order valence-electron chi connectivity index (χ3n) is 5.21. The van der Waals surface area contributed by atoms with Crippen molar-refractivity contribution in [2.45, 2.75) is 20.8 Å². The van der Waals surface area contributed by atoms with Crippen LogP contribution in [-0.2, 0) is 7.05 Å². The maximum atomic E-state index is 12.7. The third-order valence-corrected chi connectivity index (χ3v) is 5.21. The van der Waals surface area contributed by atoms with Crippen molar-refractivity contribution in [2.24, 2.45) is 7.05 Å². The first-order valence-electron chi connectivity index (χ1n) is 8.79. The summed E-state index contributed by atoms with van der Waals surface area (Å²) in [6, 6.07) is 8.64. The van der Waals surface area contributed by atoms with E-state index in [1.165, 1.54) is 6.07 Å². The Bertz CT molecular complexity index is 1330. The first kappa shape index (κ1) is 17.7. The standard InChI is InChI=1S/C20H19N5O3/c1-10-6-5-7-15(25(27)28)17(10)23-20-22-14-9-8-13-11(2)12(3)21-19(26)16(13)18(14)24(20)4/h5-9H,1-4H3,(H,21,26)(H,22,23). The fourth-order valence-electron chi connectivity index (χ4n) is 3.57. The number of nitrogens with zero attached hydrogens (tertiary/aromatic N) is 3. The maximum absolute atomic E-state index is 12.7. The van der Waals surface area contributed by atoms with Crippen LogP contribution in [0.5, 0.6) is 0 Å². The number of rotatable bonds is 3. The van der Waals surface area contributed by atoms with Crippen molar-refractivity contribution in [1.29, 1.82) is 0 Å². The molecule has 2 N–H and O–H groups in total. The maximum Gasteiger partial charge on any atom is 0.293 e. The van der Waals surface area contributed by atoms with E-state index in [1.54, 1.807) is 30.7 Å². The van der Waals surface area contributed by atoms with Crippen LogP contribution in [0.25, 0.3) is 21.8 Å². The second-order valence-corrected chi connectivity index (χ2v) is 6.91. The highest BCUT2D eigenvalue weighted by Crippen LogP contribution is 2.33. The third kappa shape index (κ3) is 2.53. The molecule has 28 heavy (non-hydrogen) atoms. The van der Waals surface area contributed by atoms with Gasteiger partial charge in [0, 0.05) is 18.8 Å². The van der Waals surface area contributed by atoms with E-state index in [9.17, 15) is 14.9 Å². The monoisotopic (exact) mass is 377 g/mol. The van der Waals surface area contributed by atoms with Crippen LogP contribution in [0.4, 0.5) is 17.3 Å². The van der Waals surface area contributed by atoms with Gasteiger partial charge in [0.05, 0.1) is 21.3 Å². The highest BCUT2D eigenvalue weighted by Gasteiger charge is 2.20. The molecule has 0 saturated heterocycles. The topological polar surface area (TPSA) is 106 Å². The summed E-state index contributed by atoms with van der Waals surface area (Å²) in [7, 11) is 1.79. The van der Waals surface area contributed by atoms with Gasteiger partial charge in [-0.2, -0.15) is 0 Å². The van der Waals surface area contributed by atoms with Gasteiger partial charge in [0.25, 0.3) is 11.2 Å². The first-order valence-corrected chi connectivity index (χ1v) is 8.79. The van der Waals surface area contributed by atoms with Gasteiger partial charge in [0.15, 0.2) is 0 Å². The number of hydrogen-bond acceptors (Lipinski definition) is 5. The summed E-state index contributed by atoms with van der Waals surface area (Å²) in [4.78, 5) is 31.1. The lowest BCUT2D eigenvalue weighted by atomic mass is 10.0. The minimum absolute atomic E-state index is 0.0266. The van der Waals surface area contributed by atoms with Gasteiger partial charge in [-0.3, -0.25) is 14.9 Å². The number of nitrogens with one attached hydrogen (secondary N) is 2. The average Bonchev–Trinajstić information content (AvgIpc) is 2.96. The van der Waals surface area contributed by atoms with Crippen LogP contribution >= 0.6 is 0 Å². The van der Waals surface area contributed by atoms with Crippen molar-refractivity contribution in [1.82, 2.24) is 14.5 Å². The van der Waals surface area contributed by atoms with E-state index >= 15 is 0 Å². The molecule has 0 atom stereocenters. The molecule has 4 rings (SSSR count). The van der Waals surface area contributed by atoms with Crippen LogP contribution in [0.2, 0.25) is 0 Å². The molecule has 0 unspecified atom stereocenters. The number of fused-ring (bicyclic) bond motifs is 3. The molecule has 8 heteroatoms. The highest BCUT2D eigenvalue weighted by atomic mass is 16.6. The Morgan fingerprint density at radius 1 is 1.18 bits per heavy atom. The number of nitro benzene ring substituents is 1. The van der Waals surface area contributed by atoms with Gasteiger partial charge in [0.1, 0.15) is 5.69 Å². The van der Waals surface area contributed by atoms with Crippen molar-refractivity contribution >= 4 is 39.1 Å². The Kier molecular flexibility index (Phi) is 3.92. The smallest absolute Gasteiger partial charge is 0.293 e. The summed E-state index contributed by atoms with van der Waals surface area (Å²) in [6.07, 6.45) is 0. The van der Waals surface area contributed by atoms with E-state index in [0.717, 1.165) is 22.2 Å². The number of hydrogen-bond donors (Lipinski definition) is 2. The summed E-state index contributed by atoms with van der Waals surface area (Å²) in [5, 5.41) is 15.9. The SMILES string of the molecule is Cc1cccc([N+](=O)[O-])c1Nc1nc2ccc3c(C)c(C)[nH]c(=O)c3c2n1C. The summed E-state index contributed by atoms with van der Waals surface area (Å²) in [6.45, 7) is 5.63. The number of pyridine rings is 1. The average molecular weight is 377 g/mol. The number of anilines is 2. The molecule has 0 amide bonds. The van der Waals surface area contributed by atoms with Gasteiger partial charge >= 0.3 is 0 Å². The molecular formula is C20H19N5O3. The Morgan fingerprint density at radius 3 is 2.64 bits per heavy atom. The Labute approximate surface area is 160 Å². The van der Waals surface area contributed by atoms with Crippen LogP contribution in [0.1, 0.15) is 16.8 Å².